The van der Waals surface area contributed by atoms with Gasteiger partial charge < -0.3 is 5.43 Å². The summed E-state index contributed by atoms with van der Waals surface area (Å²) in [5, 5.41) is 7.00. The first-order valence-electron chi connectivity index (χ1n) is 6.07. The number of nitrogens with zero attached hydrogens (tertiary/aromatic N) is 1. The van der Waals surface area contributed by atoms with E-state index in [9.17, 15) is 4.79 Å². The third-order valence-electron chi connectivity index (χ3n) is 3.43. The Morgan fingerprint density at radius 2 is 2.18 bits per heavy atom. The number of H-pyrrole nitrogens is 1. The highest BCUT2D eigenvalue weighted by atomic mass is 16.2. The smallest absolute Gasteiger partial charge is 0.290 e. The molecular weight excluding hydrogens is 216 g/mol. The van der Waals surface area contributed by atoms with Gasteiger partial charge in [-0.1, -0.05) is 6.58 Å². The van der Waals surface area contributed by atoms with Gasteiger partial charge in [0.15, 0.2) is 5.69 Å². The lowest BCUT2D eigenvalue weighted by Crippen LogP contribution is -2.37. The molecule has 2 aliphatic rings. The Kier molecular flexibility index (Phi) is 2.39. The number of hydrazine groups is 1. The van der Waals surface area contributed by atoms with Crippen molar-refractivity contribution >= 4 is 5.91 Å². The van der Waals surface area contributed by atoms with E-state index < -0.39 is 0 Å². The quantitative estimate of drug-likeness (QED) is 0.680. The van der Waals surface area contributed by atoms with E-state index in [4.69, 9.17) is 0 Å². The normalized spacial score (nSPS) is 17.6. The van der Waals surface area contributed by atoms with Gasteiger partial charge in [0, 0.05) is 17.0 Å². The van der Waals surface area contributed by atoms with Crippen LogP contribution < -0.4 is 10.9 Å². The predicted molar refractivity (Wildman–Crippen MR) is 63.1 cm³/mol. The number of hydrogen-bond donors (Lipinski definition) is 3. The zero-order valence-electron chi connectivity index (χ0n) is 9.68. The van der Waals surface area contributed by atoms with Crippen molar-refractivity contribution in [3.05, 3.63) is 29.2 Å². The molecule has 0 spiro atoms. The van der Waals surface area contributed by atoms with Crippen LogP contribution in [0.1, 0.15) is 41.0 Å². The molecule has 3 rings (SSSR count). The minimum atomic E-state index is -0.175. The van der Waals surface area contributed by atoms with Crippen molar-refractivity contribution in [2.45, 2.75) is 32.1 Å². The van der Waals surface area contributed by atoms with Crippen molar-refractivity contribution < 1.29 is 4.79 Å². The predicted octanol–water partition coefficient (Wildman–Crippen LogP) is 1.06. The average molecular weight is 232 g/mol. The molecular formula is C12H16N4O. The van der Waals surface area contributed by atoms with Crippen molar-refractivity contribution in [3.8, 4) is 0 Å². The van der Waals surface area contributed by atoms with Gasteiger partial charge in [-0.25, -0.2) is 0 Å². The maximum absolute atomic E-state index is 11.9. The van der Waals surface area contributed by atoms with Crippen molar-refractivity contribution in [1.29, 1.82) is 0 Å². The molecule has 3 N–H and O–H groups in total. The lowest BCUT2D eigenvalue weighted by Gasteiger charge is -2.09. The van der Waals surface area contributed by atoms with Crippen molar-refractivity contribution in [1.82, 2.24) is 21.0 Å². The summed E-state index contributed by atoms with van der Waals surface area (Å²) >= 11 is 0. The van der Waals surface area contributed by atoms with Crippen molar-refractivity contribution in [3.63, 3.8) is 0 Å². The van der Waals surface area contributed by atoms with E-state index in [1.54, 1.807) is 0 Å². The van der Waals surface area contributed by atoms with Gasteiger partial charge in [0.2, 0.25) is 0 Å². The van der Waals surface area contributed by atoms with Gasteiger partial charge in [-0.05, 0) is 38.0 Å². The van der Waals surface area contributed by atoms with E-state index in [0.717, 1.165) is 36.2 Å². The van der Waals surface area contributed by atoms with Crippen LogP contribution in [0, 0.1) is 5.92 Å². The van der Waals surface area contributed by atoms with Gasteiger partial charge >= 0.3 is 0 Å². The standard InChI is InChI=1S/C12H16N4O/c1-7(8-5-6-8)13-16-12(17)11-9-3-2-4-10(9)14-15-11/h8,13H,1-6H2,(H,14,15)(H,16,17). The average Bonchev–Trinajstić information content (AvgIpc) is 2.93. The number of hydrogen-bond acceptors (Lipinski definition) is 3. The molecule has 1 saturated carbocycles. The maximum atomic E-state index is 11.9. The molecule has 0 bridgehead atoms. The lowest BCUT2D eigenvalue weighted by molar-refractivity contribution is 0.0932. The third-order valence-corrected chi connectivity index (χ3v) is 3.43. The molecule has 90 valence electrons. The highest BCUT2D eigenvalue weighted by molar-refractivity contribution is 5.93. The molecule has 0 atom stereocenters. The third kappa shape index (κ3) is 1.92. The number of aromatic amines is 1. The number of amides is 1. The van der Waals surface area contributed by atoms with E-state index >= 15 is 0 Å². The summed E-state index contributed by atoms with van der Waals surface area (Å²) in [7, 11) is 0. The molecule has 1 aromatic heterocycles. The molecule has 5 nitrogen and oxygen atoms in total. The summed E-state index contributed by atoms with van der Waals surface area (Å²) in [4.78, 5) is 11.9. The van der Waals surface area contributed by atoms with Crippen LogP contribution >= 0.6 is 0 Å². The van der Waals surface area contributed by atoms with Gasteiger partial charge in [0.25, 0.3) is 5.91 Å². The van der Waals surface area contributed by atoms with E-state index in [0.29, 0.717) is 11.6 Å². The second-order valence-corrected chi connectivity index (χ2v) is 4.76. The molecule has 0 radical (unpaired) electrons. The zero-order valence-corrected chi connectivity index (χ0v) is 9.68. The Bertz CT molecular complexity index is 473. The molecule has 1 fully saturated rings. The monoisotopic (exact) mass is 232 g/mol. The Morgan fingerprint density at radius 1 is 1.35 bits per heavy atom. The Hall–Kier alpha value is -1.78. The van der Waals surface area contributed by atoms with Crippen LogP contribution in [0.25, 0.3) is 0 Å². The van der Waals surface area contributed by atoms with Crippen LogP contribution in [-0.2, 0) is 12.8 Å². The number of nitrogens with one attached hydrogen (secondary N) is 3. The fourth-order valence-corrected chi connectivity index (χ4v) is 2.24. The number of allylic oxidation sites excluding steroid dienone is 1. The van der Waals surface area contributed by atoms with E-state index in [-0.39, 0.29) is 5.91 Å². The summed E-state index contributed by atoms with van der Waals surface area (Å²) in [5.41, 5.74) is 9.13. The van der Waals surface area contributed by atoms with Gasteiger partial charge in [-0.15, -0.1) is 0 Å². The Morgan fingerprint density at radius 3 is 2.94 bits per heavy atom. The van der Waals surface area contributed by atoms with Crippen LogP contribution in [0.4, 0.5) is 0 Å². The van der Waals surface area contributed by atoms with Crippen LogP contribution in [-0.4, -0.2) is 16.1 Å². The van der Waals surface area contributed by atoms with Gasteiger partial charge in [-0.3, -0.25) is 15.3 Å². The lowest BCUT2D eigenvalue weighted by atomic mass is 10.2. The largest absolute Gasteiger partial charge is 0.303 e. The number of rotatable bonds is 4. The molecule has 1 aromatic rings. The molecule has 1 heterocycles. The van der Waals surface area contributed by atoms with E-state index in [1.165, 1.54) is 12.8 Å². The summed E-state index contributed by atoms with van der Waals surface area (Å²) in [5.74, 6) is 0.353. The fourth-order valence-electron chi connectivity index (χ4n) is 2.24. The Labute approximate surface area is 99.6 Å². The topological polar surface area (TPSA) is 69.8 Å². The maximum Gasteiger partial charge on any atom is 0.290 e. The molecule has 2 aliphatic carbocycles. The summed E-state index contributed by atoms with van der Waals surface area (Å²) in [6, 6.07) is 0. The molecule has 17 heavy (non-hydrogen) atoms. The summed E-state index contributed by atoms with van der Waals surface area (Å²) < 4.78 is 0. The number of fused-ring (bicyclic) bond motifs is 1. The van der Waals surface area contributed by atoms with Crippen LogP contribution in [0.3, 0.4) is 0 Å². The van der Waals surface area contributed by atoms with Gasteiger partial charge in [0.05, 0.1) is 0 Å². The number of aryl methyl sites for hydroxylation is 1. The first-order chi connectivity index (χ1) is 8.25. The summed E-state index contributed by atoms with van der Waals surface area (Å²) in [6.07, 6.45) is 5.38. The summed E-state index contributed by atoms with van der Waals surface area (Å²) in [6.45, 7) is 3.89. The molecule has 0 unspecified atom stereocenters. The number of aromatic nitrogens is 2. The van der Waals surface area contributed by atoms with Crippen LogP contribution in [0.5, 0.6) is 0 Å². The van der Waals surface area contributed by atoms with E-state index in [1.807, 2.05) is 0 Å². The van der Waals surface area contributed by atoms with Crippen molar-refractivity contribution in [2.75, 3.05) is 0 Å². The molecule has 0 aromatic carbocycles. The first kappa shape index (κ1) is 10.4. The van der Waals surface area contributed by atoms with Gasteiger partial charge in [-0.2, -0.15) is 5.10 Å². The number of carbonyl (C=O) groups excluding carboxylic acids is 1. The first-order valence-corrected chi connectivity index (χ1v) is 6.07. The highest BCUT2D eigenvalue weighted by Gasteiger charge is 2.26. The molecule has 0 saturated heterocycles. The zero-order chi connectivity index (χ0) is 11.8. The van der Waals surface area contributed by atoms with Crippen LogP contribution in [0.2, 0.25) is 0 Å². The minimum Gasteiger partial charge on any atom is -0.303 e. The Balaban J connectivity index is 1.63. The molecule has 1 amide bonds. The SMILES string of the molecule is C=C(NNC(=O)c1n[nH]c2c1CCC2)C1CC1. The minimum absolute atomic E-state index is 0.175. The molecule has 0 aliphatic heterocycles. The second kappa shape index (κ2) is 3.91. The highest BCUT2D eigenvalue weighted by Crippen LogP contribution is 2.33. The second-order valence-electron chi connectivity index (χ2n) is 4.76. The van der Waals surface area contributed by atoms with E-state index in [2.05, 4.69) is 27.6 Å². The fraction of sp³-hybridized carbons (Fsp3) is 0.500. The van der Waals surface area contributed by atoms with Gasteiger partial charge in [0.1, 0.15) is 0 Å². The number of carbonyl (C=O) groups is 1. The molecule has 5 heteroatoms. The van der Waals surface area contributed by atoms with Crippen molar-refractivity contribution in [2.24, 2.45) is 5.92 Å². The van der Waals surface area contributed by atoms with Crippen LogP contribution in [0.15, 0.2) is 12.3 Å².